The predicted molar refractivity (Wildman–Crippen MR) is 52.7 cm³/mol. The maximum atomic E-state index is 11.0. The highest BCUT2D eigenvalue weighted by Crippen LogP contribution is 2.02. The normalized spacial score (nSPS) is 9.80. The summed E-state index contributed by atoms with van der Waals surface area (Å²) in [6.45, 7) is 2.12. The summed E-state index contributed by atoms with van der Waals surface area (Å²) in [5.74, 6) is 0.443. The highest BCUT2D eigenvalue weighted by Gasteiger charge is 1.98. The molecule has 0 aromatic carbocycles. The smallest absolute Gasteiger partial charge is 0.132 e. The largest absolute Gasteiger partial charge is 0.300 e. The topological polar surface area (TPSA) is 17.1 Å². The molecule has 0 aliphatic carbocycles. The van der Waals surface area contributed by atoms with Crippen molar-refractivity contribution in [3.8, 4) is 0 Å². The first-order valence-electron chi connectivity index (χ1n) is 3.89. The Bertz CT molecular complexity index is 81.3. The van der Waals surface area contributed by atoms with Gasteiger partial charge in [-0.1, -0.05) is 35.9 Å². The Morgan fingerprint density at radius 2 is 1.90 bits per heavy atom. The van der Waals surface area contributed by atoms with Crippen molar-refractivity contribution in [2.75, 3.05) is 4.43 Å². The first-order valence-corrected chi connectivity index (χ1v) is 5.41. The summed E-state index contributed by atoms with van der Waals surface area (Å²) in [7, 11) is 0. The number of hydrogen-bond donors (Lipinski definition) is 0. The van der Waals surface area contributed by atoms with E-state index >= 15 is 0 Å². The zero-order valence-corrected chi connectivity index (χ0v) is 8.69. The molecule has 1 nitrogen and oxygen atoms in total. The third-order valence-corrected chi connectivity index (χ3v) is 2.16. The van der Waals surface area contributed by atoms with E-state index < -0.39 is 0 Å². The first-order chi connectivity index (χ1) is 4.81. The van der Waals surface area contributed by atoms with Gasteiger partial charge in [0.25, 0.3) is 0 Å². The molecule has 0 aromatic rings. The molecular formula is C8H15IO. The molecule has 2 heteroatoms. The van der Waals surface area contributed by atoms with Gasteiger partial charge in [0.15, 0.2) is 0 Å². The Morgan fingerprint density at radius 3 is 2.40 bits per heavy atom. The quantitative estimate of drug-likeness (QED) is 0.526. The molecule has 0 aromatic heterocycles. The van der Waals surface area contributed by atoms with E-state index in [9.17, 15) is 4.79 Å². The molecule has 0 aliphatic rings. The summed E-state index contributed by atoms with van der Waals surface area (Å²) < 4.78 is 1.11. The molecule has 0 unspecified atom stereocenters. The van der Waals surface area contributed by atoms with Crippen LogP contribution >= 0.6 is 22.6 Å². The summed E-state index contributed by atoms with van der Waals surface area (Å²) in [4.78, 5) is 11.0. The fraction of sp³-hybridized carbons (Fsp3) is 0.875. The lowest BCUT2D eigenvalue weighted by molar-refractivity contribution is -0.119. The van der Waals surface area contributed by atoms with Crippen LogP contribution in [-0.2, 0) is 4.79 Å². The zero-order chi connectivity index (χ0) is 7.82. The van der Waals surface area contributed by atoms with E-state index in [0.717, 1.165) is 36.5 Å². The lowest BCUT2D eigenvalue weighted by atomic mass is 10.1. The molecular weight excluding hydrogens is 239 g/mol. The Morgan fingerprint density at radius 1 is 1.30 bits per heavy atom. The van der Waals surface area contributed by atoms with Crippen molar-refractivity contribution in [1.82, 2.24) is 0 Å². The SMILES string of the molecule is CCCCC(=O)CCCI. The van der Waals surface area contributed by atoms with Gasteiger partial charge in [-0.3, -0.25) is 4.79 Å². The van der Waals surface area contributed by atoms with Crippen LogP contribution in [0, 0.1) is 0 Å². The summed E-state index contributed by atoms with van der Waals surface area (Å²) in [5, 5.41) is 0. The molecule has 0 fully saturated rings. The van der Waals surface area contributed by atoms with Crippen molar-refractivity contribution in [2.45, 2.75) is 39.0 Å². The second-order valence-electron chi connectivity index (χ2n) is 2.43. The van der Waals surface area contributed by atoms with Crippen LogP contribution in [-0.4, -0.2) is 10.2 Å². The number of alkyl halides is 1. The molecule has 0 atom stereocenters. The fourth-order valence-corrected chi connectivity index (χ4v) is 1.14. The Kier molecular flexibility index (Phi) is 7.81. The number of Topliss-reactive ketones (excluding diaryl/α,β-unsaturated/α-hetero) is 1. The number of carbonyl (C=O) groups is 1. The molecule has 0 N–H and O–H groups in total. The van der Waals surface area contributed by atoms with Gasteiger partial charge in [-0.25, -0.2) is 0 Å². The average molecular weight is 254 g/mol. The lowest BCUT2D eigenvalue weighted by Gasteiger charge is -1.95. The molecule has 0 rings (SSSR count). The average Bonchev–Trinajstić information content (AvgIpc) is 1.97. The predicted octanol–water partition coefficient (Wildman–Crippen LogP) is 2.96. The van der Waals surface area contributed by atoms with Gasteiger partial charge in [0.1, 0.15) is 5.78 Å². The van der Waals surface area contributed by atoms with Crippen LogP contribution in [0.2, 0.25) is 0 Å². The maximum Gasteiger partial charge on any atom is 0.132 e. The van der Waals surface area contributed by atoms with Crippen molar-refractivity contribution >= 4 is 28.4 Å². The third kappa shape index (κ3) is 6.52. The van der Waals surface area contributed by atoms with Crippen LogP contribution in [0.25, 0.3) is 0 Å². The van der Waals surface area contributed by atoms with Crippen molar-refractivity contribution in [3.05, 3.63) is 0 Å². The molecule has 0 aliphatic heterocycles. The number of carbonyl (C=O) groups excluding carboxylic acids is 1. The summed E-state index contributed by atoms with van der Waals surface area (Å²) in [5.41, 5.74) is 0. The standard InChI is InChI=1S/C8H15IO/c1-2-3-5-8(10)6-4-7-9/h2-7H2,1H3. The summed E-state index contributed by atoms with van der Waals surface area (Å²) >= 11 is 2.31. The second kappa shape index (κ2) is 7.51. The molecule has 0 radical (unpaired) electrons. The van der Waals surface area contributed by atoms with Crippen molar-refractivity contribution in [2.24, 2.45) is 0 Å². The Balaban J connectivity index is 3.09. The monoisotopic (exact) mass is 254 g/mol. The minimum atomic E-state index is 0.443. The second-order valence-corrected chi connectivity index (χ2v) is 3.51. The molecule has 0 saturated carbocycles. The molecule has 0 heterocycles. The van der Waals surface area contributed by atoms with Gasteiger partial charge in [-0.15, -0.1) is 0 Å². The zero-order valence-electron chi connectivity index (χ0n) is 6.53. The van der Waals surface area contributed by atoms with Gasteiger partial charge < -0.3 is 0 Å². The van der Waals surface area contributed by atoms with Crippen LogP contribution in [0.1, 0.15) is 39.0 Å². The molecule has 0 bridgehead atoms. The molecule has 60 valence electrons. The number of rotatable bonds is 6. The van der Waals surface area contributed by atoms with Gasteiger partial charge in [-0.05, 0) is 17.3 Å². The molecule has 0 saturated heterocycles. The van der Waals surface area contributed by atoms with Gasteiger partial charge in [0.2, 0.25) is 0 Å². The van der Waals surface area contributed by atoms with Gasteiger partial charge >= 0.3 is 0 Å². The highest BCUT2D eigenvalue weighted by molar-refractivity contribution is 14.1. The van der Waals surface area contributed by atoms with E-state index in [-0.39, 0.29) is 0 Å². The molecule has 0 spiro atoms. The Labute approximate surface area is 76.7 Å². The van der Waals surface area contributed by atoms with Gasteiger partial charge in [-0.2, -0.15) is 0 Å². The minimum absolute atomic E-state index is 0.443. The summed E-state index contributed by atoms with van der Waals surface area (Å²) in [6, 6.07) is 0. The minimum Gasteiger partial charge on any atom is -0.300 e. The van der Waals surface area contributed by atoms with Crippen LogP contribution in [0.15, 0.2) is 0 Å². The van der Waals surface area contributed by atoms with Gasteiger partial charge in [0.05, 0.1) is 0 Å². The Hall–Kier alpha value is 0.400. The molecule has 0 amide bonds. The summed E-state index contributed by atoms with van der Waals surface area (Å²) in [6.07, 6.45) is 4.86. The number of halogens is 1. The number of unbranched alkanes of at least 4 members (excludes halogenated alkanes) is 1. The van der Waals surface area contributed by atoms with Crippen LogP contribution < -0.4 is 0 Å². The lowest BCUT2D eigenvalue weighted by Crippen LogP contribution is -1.96. The fourth-order valence-electron chi connectivity index (χ4n) is 0.763. The van der Waals surface area contributed by atoms with E-state index in [1.54, 1.807) is 0 Å². The van der Waals surface area contributed by atoms with E-state index in [2.05, 4.69) is 29.5 Å². The first kappa shape index (κ1) is 10.4. The van der Waals surface area contributed by atoms with E-state index in [4.69, 9.17) is 0 Å². The van der Waals surface area contributed by atoms with Gasteiger partial charge in [0, 0.05) is 12.8 Å². The van der Waals surface area contributed by atoms with E-state index in [1.807, 2.05) is 0 Å². The van der Waals surface area contributed by atoms with E-state index in [0.29, 0.717) is 5.78 Å². The van der Waals surface area contributed by atoms with Crippen LogP contribution in [0.3, 0.4) is 0 Å². The highest BCUT2D eigenvalue weighted by atomic mass is 127. The number of hydrogen-bond acceptors (Lipinski definition) is 1. The van der Waals surface area contributed by atoms with E-state index in [1.165, 1.54) is 0 Å². The van der Waals surface area contributed by atoms with Crippen molar-refractivity contribution in [3.63, 3.8) is 0 Å². The number of ketones is 1. The van der Waals surface area contributed by atoms with Crippen LogP contribution in [0.4, 0.5) is 0 Å². The third-order valence-electron chi connectivity index (χ3n) is 1.40. The van der Waals surface area contributed by atoms with Crippen molar-refractivity contribution < 1.29 is 4.79 Å². The molecule has 10 heavy (non-hydrogen) atoms. The van der Waals surface area contributed by atoms with Crippen LogP contribution in [0.5, 0.6) is 0 Å². The van der Waals surface area contributed by atoms with Crippen molar-refractivity contribution in [1.29, 1.82) is 0 Å². The maximum absolute atomic E-state index is 11.0.